The molecule has 11 heteroatoms. The van der Waals surface area contributed by atoms with E-state index in [9.17, 15) is 4.79 Å². The molecule has 0 spiro atoms. The Kier molecular flexibility index (Phi) is 16.8. The summed E-state index contributed by atoms with van der Waals surface area (Å²) in [5, 5.41) is 32.6. The van der Waals surface area contributed by atoms with E-state index >= 15 is 0 Å². The summed E-state index contributed by atoms with van der Waals surface area (Å²) in [7, 11) is 0. The van der Waals surface area contributed by atoms with Crippen LogP contribution in [0, 0.1) is 12.3 Å². The summed E-state index contributed by atoms with van der Waals surface area (Å²) < 4.78 is 0. The van der Waals surface area contributed by atoms with Crippen molar-refractivity contribution < 1.29 is 4.79 Å². The van der Waals surface area contributed by atoms with Gasteiger partial charge in [0.1, 0.15) is 0 Å². The Bertz CT molecular complexity index is 672. The van der Waals surface area contributed by atoms with Crippen LogP contribution in [-0.4, -0.2) is 107 Å². The normalized spacial score (nSPS) is 25.9. The molecule has 10 nitrogen and oxygen atoms in total. The Morgan fingerprint density at radius 1 is 0.711 bits per heavy atom. The van der Waals surface area contributed by atoms with Gasteiger partial charge in [0.05, 0.1) is 11.1 Å². The number of hydrogen-bond donors (Lipinski definition) is 9. The fourth-order valence-electron chi connectivity index (χ4n) is 5.06. The van der Waals surface area contributed by atoms with E-state index in [4.69, 9.17) is 18.6 Å². The van der Waals surface area contributed by atoms with E-state index in [-0.39, 0.29) is 17.0 Å². The van der Waals surface area contributed by atoms with Crippen molar-refractivity contribution in [2.45, 2.75) is 62.9 Å². The van der Waals surface area contributed by atoms with Gasteiger partial charge in [0.2, 0.25) is 5.91 Å². The Morgan fingerprint density at radius 2 is 1.11 bits per heavy atom. The second-order valence-corrected chi connectivity index (χ2v) is 11.2. The van der Waals surface area contributed by atoms with E-state index in [2.05, 4.69) is 53.8 Å². The lowest BCUT2D eigenvalue weighted by atomic mass is 9.97. The molecule has 0 aromatic rings. The fraction of sp³-hybridized carbons (Fsp3) is 0.852. The van der Waals surface area contributed by atoms with Gasteiger partial charge in [-0.2, -0.15) is 0 Å². The molecule has 0 aromatic carbocycles. The van der Waals surface area contributed by atoms with E-state index in [0.717, 1.165) is 84.7 Å². The maximum atomic E-state index is 12.0. The summed E-state index contributed by atoms with van der Waals surface area (Å²) in [5.74, 6) is 2.70. The van der Waals surface area contributed by atoms with E-state index < -0.39 is 0 Å². The van der Waals surface area contributed by atoms with E-state index in [1.54, 1.807) is 6.92 Å². The molecule has 0 atom stereocenters. The summed E-state index contributed by atoms with van der Waals surface area (Å²) in [6.45, 7) is 11.7. The molecular formula is C27H53N9OS. The standard InChI is InChI=1S/C27H53N9OS/c1-3-4-5-6-7-8-9-10-11-34-25(38)36-27-21-31-15-12-28-18-26(35-24(2)37,19-29-13-16-32-22-27)20-30-14-17-33-23-27/h1,28-33H,4-23H2,2H3,(H,35,37)(H2,34,36,38). The molecule has 0 aliphatic carbocycles. The molecular weight excluding hydrogens is 498 g/mol. The number of terminal acetylenes is 1. The molecule has 0 aromatic heterocycles. The average Bonchev–Trinajstić information content (AvgIpc) is 2.88. The van der Waals surface area contributed by atoms with Crippen LogP contribution in [0.1, 0.15) is 51.9 Å². The molecule has 38 heavy (non-hydrogen) atoms. The van der Waals surface area contributed by atoms with Crippen LogP contribution in [0.4, 0.5) is 0 Å². The summed E-state index contributed by atoms with van der Waals surface area (Å²) in [6.07, 6.45) is 13.4. The summed E-state index contributed by atoms with van der Waals surface area (Å²) in [6, 6.07) is 0. The molecule has 3 rings (SSSR count). The van der Waals surface area contributed by atoms with Crippen LogP contribution in [-0.2, 0) is 4.79 Å². The molecule has 3 saturated heterocycles. The van der Waals surface area contributed by atoms with Crippen molar-refractivity contribution in [2.24, 2.45) is 0 Å². The third-order valence-electron chi connectivity index (χ3n) is 7.07. The van der Waals surface area contributed by atoms with Gasteiger partial charge in [0.15, 0.2) is 5.11 Å². The van der Waals surface area contributed by atoms with Gasteiger partial charge in [0, 0.05) is 98.4 Å². The molecule has 0 radical (unpaired) electrons. The predicted octanol–water partition coefficient (Wildman–Crippen LogP) is -1.01. The highest BCUT2D eigenvalue weighted by Gasteiger charge is 2.32. The predicted molar refractivity (Wildman–Crippen MR) is 161 cm³/mol. The Morgan fingerprint density at radius 3 is 1.53 bits per heavy atom. The first-order valence-electron chi connectivity index (χ1n) is 14.5. The molecule has 3 aliphatic rings. The van der Waals surface area contributed by atoms with Gasteiger partial charge < -0.3 is 47.9 Å². The quantitative estimate of drug-likeness (QED) is 0.0948. The second kappa shape index (κ2) is 19.5. The first-order chi connectivity index (χ1) is 18.5. The van der Waals surface area contributed by atoms with Gasteiger partial charge in [-0.25, -0.2) is 0 Å². The number of nitrogens with one attached hydrogen (secondary N) is 9. The summed E-state index contributed by atoms with van der Waals surface area (Å²) >= 11 is 5.74. The largest absolute Gasteiger partial charge is 0.363 e. The highest BCUT2D eigenvalue weighted by atomic mass is 32.1. The number of carbonyl (C=O) groups is 1. The number of hydrogen-bond acceptors (Lipinski definition) is 8. The first-order valence-corrected chi connectivity index (χ1v) is 14.9. The van der Waals surface area contributed by atoms with Crippen LogP contribution in [0.5, 0.6) is 0 Å². The zero-order valence-electron chi connectivity index (χ0n) is 23.5. The number of fused-ring (bicyclic) bond motifs is 15. The highest BCUT2D eigenvalue weighted by molar-refractivity contribution is 7.80. The minimum absolute atomic E-state index is 0.0106. The van der Waals surface area contributed by atoms with Gasteiger partial charge in [-0.1, -0.05) is 25.7 Å². The van der Waals surface area contributed by atoms with Crippen LogP contribution < -0.4 is 47.9 Å². The number of rotatable bonds is 10. The maximum absolute atomic E-state index is 12.0. The Labute approximate surface area is 236 Å². The van der Waals surface area contributed by atoms with Crippen molar-refractivity contribution in [1.82, 2.24) is 47.9 Å². The summed E-state index contributed by atoms with van der Waals surface area (Å²) in [5.41, 5.74) is -0.652. The number of unbranched alkanes of at least 4 members (excludes halogenated alkanes) is 6. The molecule has 218 valence electrons. The number of thiocarbonyl (C=S) groups is 1. The van der Waals surface area contributed by atoms with Crippen molar-refractivity contribution in [1.29, 1.82) is 0 Å². The molecule has 9 N–H and O–H groups in total. The Balaban J connectivity index is 1.92. The second-order valence-electron chi connectivity index (χ2n) is 10.8. The Hall–Kier alpha value is -1.52. The molecule has 3 aliphatic heterocycles. The monoisotopic (exact) mass is 551 g/mol. The topological polar surface area (TPSA) is 125 Å². The lowest BCUT2D eigenvalue weighted by molar-refractivity contribution is -0.120. The van der Waals surface area contributed by atoms with E-state index in [0.29, 0.717) is 24.7 Å². The number of amides is 1. The molecule has 1 amide bonds. The molecule has 0 saturated carbocycles. The highest BCUT2D eigenvalue weighted by Crippen LogP contribution is 2.07. The molecule has 2 bridgehead atoms. The molecule has 3 fully saturated rings. The molecule has 0 unspecified atom stereocenters. The fourth-order valence-corrected chi connectivity index (χ4v) is 5.37. The van der Waals surface area contributed by atoms with Crippen LogP contribution in [0.15, 0.2) is 0 Å². The smallest absolute Gasteiger partial charge is 0.217 e. The third-order valence-corrected chi connectivity index (χ3v) is 7.32. The maximum Gasteiger partial charge on any atom is 0.217 e. The van der Waals surface area contributed by atoms with Crippen molar-refractivity contribution in [3.8, 4) is 12.3 Å². The summed E-state index contributed by atoms with van der Waals surface area (Å²) in [4.78, 5) is 12.0. The van der Waals surface area contributed by atoms with Crippen molar-refractivity contribution in [2.75, 3.05) is 85.1 Å². The molecule has 3 heterocycles. The van der Waals surface area contributed by atoms with Gasteiger partial charge in [-0.05, 0) is 25.1 Å². The lowest BCUT2D eigenvalue weighted by Gasteiger charge is -2.39. The van der Waals surface area contributed by atoms with Crippen LogP contribution in [0.25, 0.3) is 0 Å². The average molecular weight is 552 g/mol. The van der Waals surface area contributed by atoms with Crippen LogP contribution in [0.2, 0.25) is 0 Å². The van der Waals surface area contributed by atoms with Crippen molar-refractivity contribution >= 4 is 23.2 Å². The minimum atomic E-state index is -0.384. The number of carbonyl (C=O) groups excluding carboxylic acids is 1. The van der Waals surface area contributed by atoms with Crippen molar-refractivity contribution in [3.05, 3.63) is 0 Å². The SMILES string of the molecule is C#CCCCCCCCCNC(=S)NC12CNCCNCC(NC(C)=O)(CNCCNC1)CNCCNC2. The zero-order chi connectivity index (χ0) is 27.4. The van der Waals surface area contributed by atoms with Gasteiger partial charge in [-0.15, -0.1) is 12.3 Å². The zero-order valence-corrected chi connectivity index (χ0v) is 24.4. The van der Waals surface area contributed by atoms with Gasteiger partial charge >= 0.3 is 0 Å². The van der Waals surface area contributed by atoms with Gasteiger partial charge in [0.25, 0.3) is 0 Å². The van der Waals surface area contributed by atoms with E-state index in [1.165, 1.54) is 25.7 Å². The minimum Gasteiger partial charge on any atom is -0.363 e. The van der Waals surface area contributed by atoms with Crippen LogP contribution in [0.3, 0.4) is 0 Å². The van der Waals surface area contributed by atoms with E-state index in [1.807, 2.05) is 0 Å². The first kappa shape index (κ1) is 32.7. The lowest BCUT2D eigenvalue weighted by Crippen LogP contribution is -2.68. The third kappa shape index (κ3) is 14.0. The van der Waals surface area contributed by atoms with Crippen LogP contribution >= 0.6 is 12.2 Å². The van der Waals surface area contributed by atoms with Crippen molar-refractivity contribution in [3.63, 3.8) is 0 Å². The van der Waals surface area contributed by atoms with Gasteiger partial charge in [-0.3, -0.25) is 4.79 Å².